The molecule has 0 radical (unpaired) electrons. The maximum absolute atomic E-state index is 12.7. The molecule has 3 aromatic rings. The number of hydrogen-bond donors (Lipinski definition) is 3. The van der Waals surface area contributed by atoms with Gasteiger partial charge in [0.15, 0.2) is 0 Å². The standard InChI is InChI=1S/C24H24N4O3S/c1-32(31)17-5-7-21-19(11-17)18-6-2-13(9-20(18)23(29)28-21)8-16(12-25)27-24(30)22-14-3-4-15(10-14)26-22/h2,5-7,9,11,14-16,22,26H,3-4,8,10H2,1H3,(H,27,30)(H,28,29). The van der Waals surface area contributed by atoms with Crippen molar-refractivity contribution in [1.29, 1.82) is 5.26 Å². The van der Waals surface area contributed by atoms with E-state index in [1.54, 1.807) is 24.5 Å². The summed E-state index contributed by atoms with van der Waals surface area (Å²) in [5.74, 6) is 0.239. The number of piperidine rings is 1. The van der Waals surface area contributed by atoms with Gasteiger partial charge in [0, 0.05) is 50.7 Å². The SMILES string of the molecule is CS(=O)c1ccc2[nH]c(=O)c3cc(CC(C#N)NC(=O)C4NC5CCC4C5)ccc3c2c1. The van der Waals surface area contributed by atoms with Crippen LogP contribution in [-0.2, 0) is 22.0 Å². The molecule has 8 heteroatoms. The largest absolute Gasteiger partial charge is 0.339 e. The first-order chi connectivity index (χ1) is 15.4. The summed E-state index contributed by atoms with van der Waals surface area (Å²) in [6.07, 6.45) is 5.14. The molecule has 2 bridgehead atoms. The second-order valence-electron chi connectivity index (χ2n) is 8.80. The van der Waals surface area contributed by atoms with E-state index in [2.05, 4.69) is 21.7 Å². The van der Waals surface area contributed by atoms with Crippen LogP contribution in [0.1, 0.15) is 24.8 Å². The van der Waals surface area contributed by atoms with Crippen LogP contribution in [0.2, 0.25) is 0 Å². The molecule has 32 heavy (non-hydrogen) atoms. The summed E-state index contributed by atoms with van der Waals surface area (Å²) >= 11 is 0. The summed E-state index contributed by atoms with van der Waals surface area (Å²) in [4.78, 5) is 28.9. The predicted octanol–water partition coefficient (Wildman–Crippen LogP) is 2.11. The minimum absolute atomic E-state index is 0.117. The first-order valence-corrected chi connectivity index (χ1v) is 12.4. The minimum atomic E-state index is -1.13. The molecular formula is C24H24N4O3S. The topological polar surface area (TPSA) is 115 Å². The van der Waals surface area contributed by atoms with E-state index in [1.165, 1.54) is 0 Å². The van der Waals surface area contributed by atoms with Crippen molar-refractivity contribution < 1.29 is 9.00 Å². The molecule has 164 valence electrons. The van der Waals surface area contributed by atoms with Crippen LogP contribution in [0.25, 0.3) is 21.7 Å². The van der Waals surface area contributed by atoms with Gasteiger partial charge >= 0.3 is 0 Å². The van der Waals surface area contributed by atoms with E-state index in [1.807, 2.05) is 18.2 Å². The number of nitrogens with one attached hydrogen (secondary N) is 3. The number of nitriles is 1. The number of amides is 1. The van der Waals surface area contributed by atoms with E-state index in [-0.39, 0.29) is 17.5 Å². The zero-order chi connectivity index (χ0) is 22.4. The summed E-state index contributed by atoms with van der Waals surface area (Å²) in [6.45, 7) is 0. The highest BCUT2D eigenvalue weighted by molar-refractivity contribution is 7.84. The van der Waals surface area contributed by atoms with E-state index in [0.29, 0.717) is 34.2 Å². The number of fused-ring (bicyclic) bond motifs is 5. The minimum Gasteiger partial charge on any atom is -0.339 e. The lowest BCUT2D eigenvalue weighted by Crippen LogP contribution is -2.50. The van der Waals surface area contributed by atoms with Gasteiger partial charge in [-0.2, -0.15) is 5.26 Å². The van der Waals surface area contributed by atoms with Gasteiger partial charge < -0.3 is 15.6 Å². The first-order valence-electron chi connectivity index (χ1n) is 10.8. The van der Waals surface area contributed by atoms with Crippen molar-refractivity contribution in [3.05, 3.63) is 52.3 Å². The van der Waals surface area contributed by atoms with Gasteiger partial charge in [-0.05, 0) is 60.4 Å². The van der Waals surface area contributed by atoms with Crippen LogP contribution >= 0.6 is 0 Å². The Balaban J connectivity index is 1.41. The number of carbonyl (C=O) groups excluding carboxylic acids is 1. The first kappa shape index (κ1) is 20.9. The van der Waals surface area contributed by atoms with Crippen molar-refractivity contribution in [2.75, 3.05) is 6.26 Å². The van der Waals surface area contributed by atoms with Crippen molar-refractivity contribution in [1.82, 2.24) is 15.6 Å². The van der Waals surface area contributed by atoms with Crippen LogP contribution in [0.5, 0.6) is 0 Å². The Hall–Kier alpha value is -3.02. The zero-order valence-corrected chi connectivity index (χ0v) is 18.5. The molecule has 1 saturated carbocycles. The Bertz CT molecular complexity index is 1360. The smallest absolute Gasteiger partial charge is 0.256 e. The molecular weight excluding hydrogens is 424 g/mol. The molecule has 1 amide bonds. The lowest BCUT2D eigenvalue weighted by atomic mass is 9.98. The highest BCUT2D eigenvalue weighted by Gasteiger charge is 2.43. The highest BCUT2D eigenvalue weighted by atomic mass is 32.2. The lowest BCUT2D eigenvalue weighted by molar-refractivity contribution is -0.124. The predicted molar refractivity (Wildman–Crippen MR) is 124 cm³/mol. The van der Waals surface area contributed by atoms with Gasteiger partial charge in [0.2, 0.25) is 5.91 Å². The molecule has 0 spiro atoms. The number of rotatable bonds is 5. The fourth-order valence-corrected chi connectivity index (χ4v) is 5.68. The molecule has 5 unspecified atom stereocenters. The average molecular weight is 449 g/mol. The Kier molecular flexibility index (Phi) is 5.31. The van der Waals surface area contributed by atoms with Crippen molar-refractivity contribution in [3.8, 4) is 6.07 Å². The van der Waals surface area contributed by atoms with Gasteiger partial charge in [-0.15, -0.1) is 0 Å². The number of hydrogen-bond acceptors (Lipinski definition) is 5. The second kappa shape index (κ2) is 8.15. The number of aromatic nitrogens is 1. The number of pyridine rings is 1. The summed E-state index contributed by atoms with van der Waals surface area (Å²) in [6, 6.07) is 12.6. The molecule has 7 nitrogen and oxygen atoms in total. The molecule has 2 fully saturated rings. The molecule has 2 aliphatic rings. The quantitative estimate of drug-likeness (QED) is 0.517. The number of benzene rings is 2. The van der Waals surface area contributed by atoms with Crippen molar-refractivity contribution >= 4 is 38.4 Å². The van der Waals surface area contributed by atoms with E-state index < -0.39 is 16.8 Å². The van der Waals surface area contributed by atoms with Crippen molar-refractivity contribution in [2.45, 2.75) is 48.7 Å². The molecule has 1 aliphatic heterocycles. The summed E-state index contributed by atoms with van der Waals surface area (Å²) < 4.78 is 11.9. The monoisotopic (exact) mass is 448 g/mol. The van der Waals surface area contributed by atoms with Crippen LogP contribution < -0.4 is 16.2 Å². The fraction of sp³-hybridized carbons (Fsp3) is 0.375. The van der Waals surface area contributed by atoms with Gasteiger partial charge in [0.1, 0.15) is 6.04 Å². The fourth-order valence-electron chi connectivity index (χ4n) is 5.14. The Morgan fingerprint density at radius 2 is 2.06 bits per heavy atom. The number of carbonyl (C=O) groups is 1. The molecule has 2 aromatic carbocycles. The van der Waals surface area contributed by atoms with Gasteiger partial charge in [0.25, 0.3) is 5.56 Å². The molecule has 2 heterocycles. The lowest BCUT2D eigenvalue weighted by Gasteiger charge is -2.23. The number of aromatic amines is 1. The summed E-state index contributed by atoms with van der Waals surface area (Å²) in [5.41, 5.74) is 1.26. The number of nitrogens with zero attached hydrogens (tertiary/aromatic N) is 1. The maximum atomic E-state index is 12.7. The maximum Gasteiger partial charge on any atom is 0.256 e. The molecule has 5 rings (SSSR count). The average Bonchev–Trinajstić information content (AvgIpc) is 3.42. The van der Waals surface area contributed by atoms with Gasteiger partial charge in [-0.25, -0.2) is 0 Å². The second-order valence-corrected chi connectivity index (χ2v) is 10.2. The third-order valence-corrected chi connectivity index (χ3v) is 7.66. The van der Waals surface area contributed by atoms with Crippen molar-refractivity contribution in [2.24, 2.45) is 5.92 Å². The van der Waals surface area contributed by atoms with E-state index in [9.17, 15) is 19.1 Å². The van der Waals surface area contributed by atoms with Crippen LogP contribution in [0, 0.1) is 17.2 Å². The molecule has 5 atom stereocenters. The van der Waals surface area contributed by atoms with Gasteiger partial charge in [-0.1, -0.05) is 12.1 Å². The Morgan fingerprint density at radius 1 is 1.22 bits per heavy atom. The van der Waals surface area contributed by atoms with Crippen molar-refractivity contribution in [3.63, 3.8) is 0 Å². The third-order valence-electron chi connectivity index (χ3n) is 6.74. The molecule has 1 aliphatic carbocycles. The highest BCUT2D eigenvalue weighted by Crippen LogP contribution is 2.35. The van der Waals surface area contributed by atoms with Crippen LogP contribution in [0.4, 0.5) is 0 Å². The van der Waals surface area contributed by atoms with Gasteiger partial charge in [0.05, 0.1) is 12.1 Å². The molecule has 3 N–H and O–H groups in total. The van der Waals surface area contributed by atoms with Gasteiger partial charge in [-0.3, -0.25) is 13.8 Å². The van der Waals surface area contributed by atoms with Crippen LogP contribution in [0.15, 0.2) is 46.1 Å². The number of H-pyrrole nitrogens is 1. The Morgan fingerprint density at radius 3 is 2.75 bits per heavy atom. The van der Waals surface area contributed by atoms with E-state index in [4.69, 9.17) is 0 Å². The normalized spacial score (nSPS) is 23.8. The summed E-state index contributed by atoms with van der Waals surface area (Å²) in [5, 5.41) is 17.9. The zero-order valence-electron chi connectivity index (χ0n) is 17.7. The third kappa shape index (κ3) is 3.72. The molecule has 1 saturated heterocycles. The summed E-state index contributed by atoms with van der Waals surface area (Å²) in [7, 11) is -1.13. The van der Waals surface area contributed by atoms with E-state index in [0.717, 1.165) is 35.6 Å². The van der Waals surface area contributed by atoms with E-state index >= 15 is 0 Å². The molecule has 1 aromatic heterocycles. The van der Waals surface area contributed by atoms with Crippen LogP contribution in [-0.4, -0.2) is 39.5 Å². The Labute approximate surface area is 187 Å². The van der Waals surface area contributed by atoms with Crippen LogP contribution in [0.3, 0.4) is 0 Å².